The molecule has 6 nitrogen and oxygen atoms in total. The zero-order valence-corrected chi connectivity index (χ0v) is 15.3. The van der Waals surface area contributed by atoms with E-state index in [0.29, 0.717) is 31.3 Å². The molecule has 26 heavy (non-hydrogen) atoms. The van der Waals surface area contributed by atoms with Gasteiger partial charge in [-0.2, -0.15) is 0 Å². The lowest BCUT2D eigenvalue weighted by atomic mass is 10.1. The Morgan fingerprint density at radius 3 is 2.69 bits per heavy atom. The van der Waals surface area contributed by atoms with Crippen molar-refractivity contribution in [3.63, 3.8) is 0 Å². The number of amides is 1. The van der Waals surface area contributed by atoms with Crippen LogP contribution in [-0.4, -0.2) is 45.0 Å². The van der Waals surface area contributed by atoms with E-state index in [2.05, 4.69) is 34.2 Å². The van der Waals surface area contributed by atoms with E-state index in [9.17, 15) is 4.79 Å². The second kappa shape index (κ2) is 7.58. The van der Waals surface area contributed by atoms with Crippen LogP contribution in [0.25, 0.3) is 0 Å². The topological polar surface area (TPSA) is 62.5 Å². The summed E-state index contributed by atoms with van der Waals surface area (Å²) in [6, 6.07) is 10.4. The first-order chi connectivity index (χ1) is 12.7. The molecule has 2 fully saturated rings. The van der Waals surface area contributed by atoms with Crippen LogP contribution < -0.4 is 0 Å². The van der Waals surface area contributed by atoms with Gasteiger partial charge in [-0.3, -0.25) is 9.69 Å². The molecule has 0 bridgehead atoms. The fourth-order valence-corrected chi connectivity index (χ4v) is 3.60. The lowest BCUT2D eigenvalue weighted by molar-refractivity contribution is -0.133. The third kappa shape index (κ3) is 3.96. The maximum atomic E-state index is 12.7. The molecule has 1 saturated heterocycles. The van der Waals surface area contributed by atoms with Crippen LogP contribution in [0.5, 0.6) is 0 Å². The summed E-state index contributed by atoms with van der Waals surface area (Å²) in [5.74, 6) is 2.16. The molecule has 0 radical (unpaired) electrons. The van der Waals surface area contributed by atoms with Crippen molar-refractivity contribution in [3.8, 4) is 0 Å². The van der Waals surface area contributed by atoms with Gasteiger partial charge in [0.15, 0.2) is 0 Å². The number of aromatic nitrogens is 2. The predicted molar refractivity (Wildman–Crippen MR) is 97.2 cm³/mol. The quantitative estimate of drug-likeness (QED) is 0.798. The molecule has 1 aromatic heterocycles. The Hall–Kier alpha value is -2.21. The van der Waals surface area contributed by atoms with Gasteiger partial charge in [0, 0.05) is 38.0 Å². The molecule has 2 heterocycles. The molecule has 0 spiro atoms. The van der Waals surface area contributed by atoms with Crippen molar-refractivity contribution >= 4 is 5.91 Å². The molecule has 4 rings (SSSR count). The molecule has 1 amide bonds. The number of rotatable bonds is 6. The van der Waals surface area contributed by atoms with E-state index in [1.54, 1.807) is 0 Å². The third-order valence-corrected chi connectivity index (χ3v) is 5.31. The van der Waals surface area contributed by atoms with Crippen molar-refractivity contribution < 1.29 is 9.21 Å². The first-order valence-electron chi connectivity index (χ1n) is 9.61. The number of benzene rings is 1. The Labute approximate surface area is 154 Å². The number of carbonyl (C=O) groups is 1. The summed E-state index contributed by atoms with van der Waals surface area (Å²) in [5, 5.41) is 8.37. The first kappa shape index (κ1) is 17.2. The van der Waals surface area contributed by atoms with Gasteiger partial charge in [-0.1, -0.05) is 37.3 Å². The molecule has 1 aliphatic heterocycles. The standard InChI is InChI=1S/C20H26N4O2/c1-2-17-13-23(14-18-21-22-20(26-18)16-8-9-16)11-10-19(25)24(17)12-15-6-4-3-5-7-15/h3-7,16-17H,2,8-14H2,1H3/t17-/m1/s1. The van der Waals surface area contributed by atoms with Gasteiger partial charge in [0.1, 0.15) is 0 Å². The molecule has 0 N–H and O–H groups in total. The molecule has 2 aliphatic rings. The summed E-state index contributed by atoms with van der Waals surface area (Å²) in [5.41, 5.74) is 1.18. The van der Waals surface area contributed by atoms with Crippen molar-refractivity contribution in [2.45, 2.75) is 57.7 Å². The highest BCUT2D eigenvalue weighted by Crippen LogP contribution is 2.39. The van der Waals surface area contributed by atoms with Crippen LogP contribution in [0.3, 0.4) is 0 Å². The highest BCUT2D eigenvalue weighted by atomic mass is 16.4. The molecule has 1 aromatic carbocycles. The van der Waals surface area contributed by atoms with Crippen molar-refractivity contribution in [1.82, 2.24) is 20.0 Å². The fraction of sp³-hybridized carbons (Fsp3) is 0.550. The Bertz CT molecular complexity index is 741. The van der Waals surface area contributed by atoms with E-state index >= 15 is 0 Å². The predicted octanol–water partition coefficient (Wildman–Crippen LogP) is 2.96. The van der Waals surface area contributed by atoms with Gasteiger partial charge in [-0.25, -0.2) is 0 Å². The van der Waals surface area contributed by atoms with E-state index in [4.69, 9.17) is 4.42 Å². The molecule has 1 aliphatic carbocycles. The van der Waals surface area contributed by atoms with E-state index in [0.717, 1.165) is 38.2 Å². The summed E-state index contributed by atoms with van der Waals surface area (Å²) in [7, 11) is 0. The zero-order valence-electron chi connectivity index (χ0n) is 15.3. The van der Waals surface area contributed by atoms with Gasteiger partial charge in [0.2, 0.25) is 17.7 Å². The van der Waals surface area contributed by atoms with Crippen LogP contribution in [-0.2, 0) is 17.9 Å². The molecule has 1 saturated carbocycles. The molecule has 6 heteroatoms. The van der Waals surface area contributed by atoms with E-state index in [-0.39, 0.29) is 11.9 Å². The normalized spacial score (nSPS) is 21.8. The number of hydrogen-bond donors (Lipinski definition) is 0. The van der Waals surface area contributed by atoms with Crippen molar-refractivity contribution in [2.75, 3.05) is 13.1 Å². The minimum Gasteiger partial charge on any atom is -0.424 e. The fourth-order valence-electron chi connectivity index (χ4n) is 3.60. The summed E-state index contributed by atoms with van der Waals surface area (Å²) in [6.45, 7) is 5.04. The van der Waals surface area contributed by atoms with Crippen LogP contribution in [0.1, 0.15) is 55.9 Å². The Morgan fingerprint density at radius 1 is 1.15 bits per heavy atom. The van der Waals surface area contributed by atoms with Gasteiger partial charge in [0.25, 0.3) is 0 Å². The largest absolute Gasteiger partial charge is 0.424 e. The summed E-state index contributed by atoms with van der Waals surface area (Å²) in [6.07, 6.45) is 3.79. The summed E-state index contributed by atoms with van der Waals surface area (Å²) in [4.78, 5) is 17.1. The van der Waals surface area contributed by atoms with Crippen molar-refractivity contribution in [2.24, 2.45) is 0 Å². The van der Waals surface area contributed by atoms with Crippen molar-refractivity contribution in [3.05, 3.63) is 47.7 Å². The molecule has 1 atom stereocenters. The van der Waals surface area contributed by atoms with Crippen LogP contribution in [0.4, 0.5) is 0 Å². The maximum Gasteiger partial charge on any atom is 0.230 e. The van der Waals surface area contributed by atoms with Crippen LogP contribution in [0.2, 0.25) is 0 Å². The van der Waals surface area contributed by atoms with E-state index in [1.807, 2.05) is 23.1 Å². The van der Waals surface area contributed by atoms with Gasteiger partial charge in [-0.05, 0) is 24.8 Å². The second-order valence-electron chi connectivity index (χ2n) is 7.36. The van der Waals surface area contributed by atoms with E-state index < -0.39 is 0 Å². The van der Waals surface area contributed by atoms with Crippen LogP contribution >= 0.6 is 0 Å². The van der Waals surface area contributed by atoms with Gasteiger partial charge in [0.05, 0.1) is 6.54 Å². The zero-order chi connectivity index (χ0) is 17.9. The lowest BCUT2D eigenvalue weighted by Crippen LogP contribution is -2.42. The average Bonchev–Trinajstić information content (AvgIpc) is 3.43. The average molecular weight is 354 g/mol. The third-order valence-electron chi connectivity index (χ3n) is 5.31. The maximum absolute atomic E-state index is 12.7. The Balaban J connectivity index is 1.43. The monoisotopic (exact) mass is 354 g/mol. The first-order valence-corrected chi connectivity index (χ1v) is 9.61. The van der Waals surface area contributed by atoms with Crippen LogP contribution in [0, 0.1) is 0 Å². The summed E-state index contributed by atoms with van der Waals surface area (Å²) >= 11 is 0. The highest BCUT2D eigenvalue weighted by molar-refractivity contribution is 5.77. The highest BCUT2D eigenvalue weighted by Gasteiger charge is 2.31. The second-order valence-corrected chi connectivity index (χ2v) is 7.36. The smallest absolute Gasteiger partial charge is 0.230 e. The molecule has 2 aromatic rings. The van der Waals surface area contributed by atoms with Crippen LogP contribution in [0.15, 0.2) is 34.7 Å². The van der Waals surface area contributed by atoms with Crippen molar-refractivity contribution in [1.29, 1.82) is 0 Å². The SMILES string of the molecule is CC[C@@H]1CN(Cc2nnc(C3CC3)o2)CCC(=O)N1Cc1ccccc1. The molecular formula is C20H26N4O2. The summed E-state index contributed by atoms with van der Waals surface area (Å²) < 4.78 is 5.81. The number of carbonyl (C=O) groups excluding carboxylic acids is 1. The number of nitrogens with zero attached hydrogens (tertiary/aromatic N) is 4. The molecule has 138 valence electrons. The Morgan fingerprint density at radius 2 is 1.96 bits per heavy atom. The number of hydrogen-bond acceptors (Lipinski definition) is 5. The molecule has 0 unspecified atom stereocenters. The molecular weight excluding hydrogens is 328 g/mol. The van der Waals surface area contributed by atoms with E-state index in [1.165, 1.54) is 5.56 Å². The minimum absolute atomic E-state index is 0.205. The lowest BCUT2D eigenvalue weighted by Gasteiger charge is -2.31. The van der Waals surface area contributed by atoms with Gasteiger partial charge in [-0.15, -0.1) is 10.2 Å². The Kier molecular flexibility index (Phi) is 5.02. The van der Waals surface area contributed by atoms with Gasteiger partial charge >= 0.3 is 0 Å². The minimum atomic E-state index is 0.205. The van der Waals surface area contributed by atoms with Gasteiger partial charge < -0.3 is 9.32 Å².